The maximum atomic E-state index is 12.7. The molecule has 1 aromatic rings. The fourth-order valence-corrected chi connectivity index (χ4v) is 2.64. The molecule has 1 saturated heterocycles. The van der Waals surface area contributed by atoms with Crippen molar-refractivity contribution in [1.29, 1.82) is 0 Å². The maximum absolute atomic E-state index is 12.7. The molecule has 0 aromatic carbocycles. The van der Waals surface area contributed by atoms with Crippen molar-refractivity contribution in [2.75, 3.05) is 6.61 Å². The summed E-state index contributed by atoms with van der Waals surface area (Å²) in [6.07, 6.45) is -5.57. The van der Waals surface area contributed by atoms with Crippen LogP contribution < -0.4 is 11.2 Å². The highest BCUT2D eigenvalue weighted by Gasteiger charge is 2.43. The Labute approximate surface area is 118 Å². The van der Waals surface area contributed by atoms with Gasteiger partial charge in [0, 0.05) is 6.20 Å². The lowest BCUT2D eigenvalue weighted by atomic mass is 10.2. The molecule has 4 atom stereocenters. The first-order chi connectivity index (χ1) is 9.36. The van der Waals surface area contributed by atoms with Crippen molar-refractivity contribution >= 4 is 15.9 Å². The molecule has 7 nitrogen and oxygen atoms in total. The molecule has 0 amide bonds. The van der Waals surface area contributed by atoms with E-state index in [1.54, 1.807) is 4.98 Å². The van der Waals surface area contributed by atoms with E-state index in [2.05, 4.69) is 15.9 Å². The zero-order valence-corrected chi connectivity index (χ0v) is 11.5. The predicted molar refractivity (Wildman–Crippen MR) is 66.0 cm³/mol. The maximum Gasteiger partial charge on any atom is 0.330 e. The SMILES string of the molecule is O=c1[nH]c(=O)n([C@@H]2O[C@H](CO)[C@@H](O)[C@H]2Br)cc1C(F)F. The Hall–Kier alpha value is -1.10. The second-order valence-corrected chi connectivity index (χ2v) is 5.29. The Morgan fingerprint density at radius 3 is 2.65 bits per heavy atom. The molecule has 2 rings (SSSR count). The number of hydrogen-bond donors (Lipinski definition) is 3. The minimum Gasteiger partial charge on any atom is -0.394 e. The van der Waals surface area contributed by atoms with Crippen LogP contribution >= 0.6 is 15.9 Å². The molecule has 1 fully saturated rings. The van der Waals surface area contributed by atoms with Crippen molar-refractivity contribution in [3.63, 3.8) is 0 Å². The summed E-state index contributed by atoms with van der Waals surface area (Å²) in [5.74, 6) is 0. The van der Waals surface area contributed by atoms with Gasteiger partial charge in [0.25, 0.3) is 12.0 Å². The molecule has 0 aliphatic carbocycles. The van der Waals surface area contributed by atoms with Gasteiger partial charge in [-0.1, -0.05) is 15.9 Å². The second-order valence-electron chi connectivity index (χ2n) is 4.23. The standard InChI is InChI=1S/C10H11BrF2N2O5/c11-5-6(17)4(2-16)20-9(5)15-1-3(7(12)13)8(18)14-10(15)19/h1,4-7,9,16-17H,2H2,(H,14,18,19)/t4-,5-,6-,9-/m1/s1. The summed E-state index contributed by atoms with van der Waals surface area (Å²) in [5.41, 5.74) is -3.00. The van der Waals surface area contributed by atoms with E-state index >= 15 is 0 Å². The molecule has 0 unspecified atom stereocenters. The summed E-state index contributed by atoms with van der Waals surface area (Å²) in [4.78, 5) is 23.9. The van der Waals surface area contributed by atoms with Crippen LogP contribution in [0.4, 0.5) is 8.78 Å². The predicted octanol–water partition coefficient (Wildman–Crippen LogP) is -0.512. The average molecular weight is 357 g/mol. The minimum absolute atomic E-state index is 0.500. The van der Waals surface area contributed by atoms with Gasteiger partial charge in [0.05, 0.1) is 23.1 Å². The number of H-pyrrole nitrogens is 1. The second kappa shape index (κ2) is 5.72. The molecule has 112 valence electrons. The molecular weight excluding hydrogens is 346 g/mol. The van der Waals surface area contributed by atoms with E-state index in [9.17, 15) is 23.5 Å². The number of alkyl halides is 3. The van der Waals surface area contributed by atoms with Crippen LogP contribution in [0.1, 0.15) is 18.2 Å². The summed E-state index contributed by atoms with van der Waals surface area (Å²) < 4.78 is 31.3. The van der Waals surface area contributed by atoms with E-state index in [0.717, 1.165) is 4.57 Å². The van der Waals surface area contributed by atoms with E-state index in [0.29, 0.717) is 6.20 Å². The van der Waals surface area contributed by atoms with E-state index in [4.69, 9.17) is 9.84 Å². The number of halogens is 3. The minimum atomic E-state index is -3.06. The number of aliphatic hydroxyl groups is 2. The Morgan fingerprint density at radius 1 is 1.50 bits per heavy atom. The van der Waals surface area contributed by atoms with E-state index in [1.165, 1.54) is 0 Å². The molecular formula is C10H11BrF2N2O5. The van der Waals surface area contributed by atoms with Gasteiger partial charge in [-0.15, -0.1) is 0 Å². The average Bonchev–Trinajstić information content (AvgIpc) is 2.66. The van der Waals surface area contributed by atoms with Gasteiger partial charge >= 0.3 is 5.69 Å². The number of rotatable bonds is 3. The number of aromatic nitrogens is 2. The van der Waals surface area contributed by atoms with Gasteiger partial charge in [-0.3, -0.25) is 14.3 Å². The molecule has 1 aromatic heterocycles. The van der Waals surface area contributed by atoms with Crippen LogP contribution in [-0.4, -0.2) is 43.4 Å². The first-order valence-corrected chi connectivity index (χ1v) is 6.50. The summed E-state index contributed by atoms with van der Waals surface area (Å²) >= 11 is 3.08. The molecule has 0 saturated carbocycles. The van der Waals surface area contributed by atoms with Crippen molar-refractivity contribution in [1.82, 2.24) is 9.55 Å². The van der Waals surface area contributed by atoms with Crippen LogP contribution in [0.2, 0.25) is 0 Å². The van der Waals surface area contributed by atoms with E-state index in [-0.39, 0.29) is 0 Å². The highest BCUT2D eigenvalue weighted by molar-refractivity contribution is 9.09. The van der Waals surface area contributed by atoms with Gasteiger partial charge in [-0.05, 0) is 0 Å². The van der Waals surface area contributed by atoms with E-state index < -0.39 is 53.1 Å². The number of hydrogen-bond acceptors (Lipinski definition) is 5. The first kappa shape index (κ1) is 15.3. The molecule has 3 N–H and O–H groups in total. The number of ether oxygens (including phenoxy) is 1. The Kier molecular flexibility index (Phi) is 4.37. The zero-order valence-electron chi connectivity index (χ0n) is 9.87. The summed E-state index contributed by atoms with van der Waals surface area (Å²) in [7, 11) is 0. The van der Waals surface area contributed by atoms with Crippen LogP contribution in [0.5, 0.6) is 0 Å². The van der Waals surface area contributed by atoms with Crippen LogP contribution in [-0.2, 0) is 4.74 Å². The fraction of sp³-hybridized carbons (Fsp3) is 0.600. The van der Waals surface area contributed by atoms with Gasteiger partial charge in [0.15, 0.2) is 6.23 Å². The summed E-state index contributed by atoms with van der Waals surface area (Å²) in [6.45, 7) is -0.500. The Bertz CT molecular complexity index is 604. The molecule has 0 bridgehead atoms. The Morgan fingerprint density at radius 2 is 2.15 bits per heavy atom. The number of nitrogens with zero attached hydrogens (tertiary/aromatic N) is 1. The van der Waals surface area contributed by atoms with E-state index in [1.807, 2.05) is 0 Å². The number of aliphatic hydroxyl groups excluding tert-OH is 2. The van der Waals surface area contributed by atoms with Crippen molar-refractivity contribution in [3.05, 3.63) is 32.6 Å². The van der Waals surface area contributed by atoms with Crippen LogP contribution in [0.25, 0.3) is 0 Å². The van der Waals surface area contributed by atoms with Crippen LogP contribution in [0.3, 0.4) is 0 Å². The smallest absolute Gasteiger partial charge is 0.330 e. The molecule has 0 spiro atoms. The number of nitrogens with one attached hydrogen (secondary N) is 1. The van der Waals surface area contributed by atoms with Crippen molar-refractivity contribution in [3.8, 4) is 0 Å². The lowest BCUT2D eigenvalue weighted by molar-refractivity contribution is -0.0459. The summed E-state index contributed by atoms with van der Waals surface area (Å²) in [5, 5.41) is 18.7. The lowest BCUT2D eigenvalue weighted by Crippen LogP contribution is -2.37. The van der Waals surface area contributed by atoms with Crippen molar-refractivity contribution in [2.45, 2.75) is 29.7 Å². The third-order valence-corrected chi connectivity index (χ3v) is 3.97. The largest absolute Gasteiger partial charge is 0.394 e. The van der Waals surface area contributed by atoms with Gasteiger partial charge in [-0.25, -0.2) is 13.6 Å². The fourth-order valence-electron chi connectivity index (χ4n) is 1.92. The van der Waals surface area contributed by atoms with Gasteiger partial charge in [0.2, 0.25) is 0 Å². The normalized spacial score (nSPS) is 30.1. The van der Waals surface area contributed by atoms with Gasteiger partial charge in [0.1, 0.15) is 6.10 Å². The van der Waals surface area contributed by atoms with Crippen molar-refractivity contribution < 1.29 is 23.7 Å². The third kappa shape index (κ3) is 2.55. The molecule has 1 aliphatic heterocycles. The molecule has 0 radical (unpaired) electrons. The highest BCUT2D eigenvalue weighted by atomic mass is 79.9. The molecule has 20 heavy (non-hydrogen) atoms. The van der Waals surface area contributed by atoms with Gasteiger partial charge < -0.3 is 14.9 Å². The van der Waals surface area contributed by atoms with Crippen LogP contribution in [0.15, 0.2) is 15.8 Å². The topological polar surface area (TPSA) is 105 Å². The Balaban J connectivity index is 2.46. The van der Waals surface area contributed by atoms with Crippen molar-refractivity contribution in [2.24, 2.45) is 0 Å². The third-order valence-electron chi connectivity index (χ3n) is 2.98. The highest BCUT2D eigenvalue weighted by Crippen LogP contribution is 2.33. The monoisotopic (exact) mass is 356 g/mol. The number of aromatic amines is 1. The molecule has 2 heterocycles. The molecule has 10 heteroatoms. The van der Waals surface area contributed by atoms with Crippen LogP contribution in [0, 0.1) is 0 Å². The zero-order chi connectivity index (χ0) is 15.0. The van der Waals surface area contributed by atoms with Gasteiger partial charge in [-0.2, -0.15) is 0 Å². The quantitative estimate of drug-likeness (QED) is 0.632. The summed E-state index contributed by atoms with van der Waals surface area (Å²) in [6, 6.07) is 0. The lowest BCUT2D eigenvalue weighted by Gasteiger charge is -2.17. The first-order valence-electron chi connectivity index (χ1n) is 5.58. The molecule has 1 aliphatic rings.